The van der Waals surface area contributed by atoms with Crippen molar-refractivity contribution in [2.75, 3.05) is 11.6 Å². The maximum absolute atomic E-state index is 12.2. The summed E-state index contributed by atoms with van der Waals surface area (Å²) in [6.45, 7) is 3.95. The maximum Gasteiger partial charge on any atom is 0.320 e. The van der Waals surface area contributed by atoms with Gasteiger partial charge in [0.1, 0.15) is 5.01 Å². The van der Waals surface area contributed by atoms with Crippen LogP contribution in [-0.2, 0) is 16.3 Å². The molecule has 5 nitrogen and oxygen atoms in total. The molecule has 0 aliphatic rings. The molecule has 0 aliphatic heterocycles. The standard InChI is InChI=1S/C15H19N3O2S2/c1-4-15(2,13-16-8-9-21-13)18-14(19)17-11-6-5-7-12(10-11)22(3)20/h5-10H,4H2,1-3H3,(H2,17,18,19)/t15-,22-/m1/s1. The van der Waals surface area contributed by atoms with Crippen molar-refractivity contribution in [3.8, 4) is 0 Å². The Morgan fingerprint density at radius 2 is 2.23 bits per heavy atom. The summed E-state index contributed by atoms with van der Waals surface area (Å²) < 4.78 is 11.5. The molecule has 0 saturated carbocycles. The normalized spacial score (nSPS) is 14.9. The molecule has 2 rings (SSSR count). The molecule has 0 bridgehead atoms. The van der Waals surface area contributed by atoms with E-state index >= 15 is 0 Å². The van der Waals surface area contributed by atoms with Gasteiger partial charge in [0.25, 0.3) is 0 Å². The van der Waals surface area contributed by atoms with Crippen LogP contribution in [0, 0.1) is 0 Å². The zero-order valence-corrected chi connectivity index (χ0v) is 14.4. The minimum atomic E-state index is -1.08. The molecule has 1 aromatic heterocycles. The fourth-order valence-electron chi connectivity index (χ4n) is 1.95. The third kappa shape index (κ3) is 3.92. The third-order valence-electron chi connectivity index (χ3n) is 3.42. The van der Waals surface area contributed by atoms with Gasteiger partial charge in [-0.1, -0.05) is 13.0 Å². The number of amides is 2. The van der Waals surface area contributed by atoms with Gasteiger partial charge in [0.05, 0.1) is 5.54 Å². The highest BCUT2D eigenvalue weighted by atomic mass is 32.2. The molecular weight excluding hydrogens is 318 g/mol. The van der Waals surface area contributed by atoms with Gasteiger partial charge in [-0.15, -0.1) is 11.3 Å². The van der Waals surface area contributed by atoms with Gasteiger partial charge in [0, 0.05) is 39.2 Å². The second-order valence-corrected chi connectivity index (χ2v) is 7.36. The highest BCUT2D eigenvalue weighted by Crippen LogP contribution is 2.26. The summed E-state index contributed by atoms with van der Waals surface area (Å²) in [5.41, 5.74) is 0.103. The number of thiazole rings is 1. The molecule has 1 aromatic carbocycles. The summed E-state index contributed by atoms with van der Waals surface area (Å²) in [7, 11) is -1.08. The molecule has 2 atom stereocenters. The van der Waals surface area contributed by atoms with E-state index in [0.29, 0.717) is 10.6 Å². The number of benzene rings is 1. The number of carbonyl (C=O) groups is 1. The van der Waals surface area contributed by atoms with Crippen LogP contribution < -0.4 is 10.6 Å². The van der Waals surface area contributed by atoms with Crippen LogP contribution in [-0.4, -0.2) is 21.5 Å². The third-order valence-corrected chi connectivity index (χ3v) is 5.38. The maximum atomic E-state index is 12.2. The molecule has 2 amide bonds. The zero-order valence-electron chi connectivity index (χ0n) is 12.8. The lowest BCUT2D eigenvalue weighted by Crippen LogP contribution is -2.45. The molecule has 0 aliphatic carbocycles. The number of rotatable bonds is 5. The lowest BCUT2D eigenvalue weighted by molar-refractivity contribution is 0.238. The Balaban J connectivity index is 2.09. The first kappa shape index (κ1) is 16.6. The number of anilines is 1. The van der Waals surface area contributed by atoms with Gasteiger partial charge in [-0.05, 0) is 31.5 Å². The summed E-state index contributed by atoms with van der Waals surface area (Å²) >= 11 is 1.52. The van der Waals surface area contributed by atoms with Crippen molar-refractivity contribution in [1.29, 1.82) is 0 Å². The summed E-state index contributed by atoms with van der Waals surface area (Å²) in [5.74, 6) is 0. The Labute approximate surface area is 136 Å². The van der Waals surface area contributed by atoms with Crippen molar-refractivity contribution in [1.82, 2.24) is 10.3 Å². The molecule has 2 aromatic rings. The zero-order chi connectivity index (χ0) is 16.2. The smallest absolute Gasteiger partial charge is 0.320 e. The minimum absolute atomic E-state index is 0.307. The Morgan fingerprint density at radius 1 is 1.45 bits per heavy atom. The van der Waals surface area contributed by atoms with Crippen LogP contribution in [0.1, 0.15) is 25.3 Å². The molecular formula is C15H19N3O2S2. The van der Waals surface area contributed by atoms with Crippen LogP contribution in [0.5, 0.6) is 0 Å². The van der Waals surface area contributed by atoms with Crippen LogP contribution in [0.4, 0.5) is 10.5 Å². The highest BCUT2D eigenvalue weighted by molar-refractivity contribution is 7.84. The van der Waals surface area contributed by atoms with E-state index in [1.165, 1.54) is 11.3 Å². The summed E-state index contributed by atoms with van der Waals surface area (Å²) in [6.07, 6.45) is 4.07. The second kappa shape index (κ2) is 7.02. The van der Waals surface area contributed by atoms with Gasteiger partial charge in [0.2, 0.25) is 0 Å². The van der Waals surface area contributed by atoms with E-state index in [4.69, 9.17) is 0 Å². The number of hydrogen-bond donors (Lipinski definition) is 2. The first-order chi connectivity index (χ1) is 10.4. The molecule has 1 heterocycles. The Bertz CT molecular complexity index is 673. The van der Waals surface area contributed by atoms with Crippen LogP contribution in [0.25, 0.3) is 0 Å². The molecule has 0 radical (unpaired) electrons. The number of aromatic nitrogens is 1. The Hall–Kier alpha value is -1.73. The lowest BCUT2D eigenvalue weighted by atomic mass is 10.0. The lowest BCUT2D eigenvalue weighted by Gasteiger charge is -2.27. The molecule has 0 unspecified atom stereocenters. The van der Waals surface area contributed by atoms with E-state index < -0.39 is 16.3 Å². The fourth-order valence-corrected chi connectivity index (χ4v) is 3.35. The summed E-state index contributed by atoms with van der Waals surface area (Å²) in [4.78, 5) is 17.2. The van der Waals surface area contributed by atoms with Crippen molar-refractivity contribution in [2.24, 2.45) is 0 Å². The van der Waals surface area contributed by atoms with Gasteiger partial charge >= 0.3 is 6.03 Å². The largest absolute Gasteiger partial charge is 0.326 e. The van der Waals surface area contributed by atoms with Crippen LogP contribution in [0.3, 0.4) is 0 Å². The van der Waals surface area contributed by atoms with Crippen molar-refractivity contribution in [3.63, 3.8) is 0 Å². The average Bonchev–Trinajstić information content (AvgIpc) is 3.02. The van der Waals surface area contributed by atoms with Gasteiger partial charge < -0.3 is 10.6 Å². The summed E-state index contributed by atoms with van der Waals surface area (Å²) in [5, 5.41) is 8.51. The topological polar surface area (TPSA) is 71.1 Å². The van der Waals surface area contributed by atoms with Crippen molar-refractivity contribution >= 4 is 33.9 Å². The van der Waals surface area contributed by atoms with Gasteiger partial charge in [0.15, 0.2) is 0 Å². The molecule has 2 N–H and O–H groups in total. The fraction of sp³-hybridized carbons (Fsp3) is 0.333. The molecule has 0 fully saturated rings. The number of carbonyl (C=O) groups excluding carboxylic acids is 1. The van der Waals surface area contributed by atoms with E-state index in [9.17, 15) is 9.00 Å². The van der Waals surface area contributed by atoms with Gasteiger partial charge in [-0.3, -0.25) is 4.21 Å². The van der Waals surface area contributed by atoms with Gasteiger partial charge in [-0.2, -0.15) is 0 Å². The monoisotopic (exact) mass is 337 g/mol. The molecule has 118 valence electrons. The predicted octanol–water partition coefficient (Wildman–Crippen LogP) is 3.33. The van der Waals surface area contributed by atoms with E-state index in [1.807, 2.05) is 19.2 Å². The summed E-state index contributed by atoms with van der Waals surface area (Å²) in [6, 6.07) is 6.71. The second-order valence-electron chi connectivity index (χ2n) is 5.08. The van der Waals surface area contributed by atoms with E-state index in [1.54, 1.807) is 36.7 Å². The van der Waals surface area contributed by atoms with Crippen LogP contribution >= 0.6 is 11.3 Å². The van der Waals surface area contributed by atoms with Gasteiger partial charge in [-0.25, -0.2) is 9.78 Å². The quantitative estimate of drug-likeness (QED) is 0.879. The van der Waals surface area contributed by atoms with E-state index in [0.717, 1.165) is 11.4 Å². The number of nitrogens with zero attached hydrogens (tertiary/aromatic N) is 1. The first-order valence-electron chi connectivity index (χ1n) is 6.87. The molecule has 0 saturated heterocycles. The average molecular weight is 337 g/mol. The number of nitrogens with one attached hydrogen (secondary N) is 2. The van der Waals surface area contributed by atoms with E-state index in [2.05, 4.69) is 15.6 Å². The van der Waals surface area contributed by atoms with E-state index in [-0.39, 0.29) is 6.03 Å². The van der Waals surface area contributed by atoms with Crippen LogP contribution in [0.15, 0.2) is 40.7 Å². The molecule has 0 spiro atoms. The Kier molecular flexibility index (Phi) is 5.31. The van der Waals surface area contributed by atoms with Crippen LogP contribution in [0.2, 0.25) is 0 Å². The first-order valence-corrected chi connectivity index (χ1v) is 9.31. The SMILES string of the molecule is CC[C@@](C)(NC(=O)Nc1cccc([S@@](C)=O)c1)c1nccs1. The minimum Gasteiger partial charge on any atom is -0.326 e. The molecule has 7 heteroatoms. The predicted molar refractivity (Wildman–Crippen MR) is 90.7 cm³/mol. The van der Waals surface area contributed by atoms with Crippen molar-refractivity contribution < 1.29 is 9.00 Å². The molecule has 22 heavy (non-hydrogen) atoms. The number of urea groups is 1. The van der Waals surface area contributed by atoms with Crippen molar-refractivity contribution in [2.45, 2.75) is 30.7 Å². The Morgan fingerprint density at radius 3 is 2.82 bits per heavy atom. The highest BCUT2D eigenvalue weighted by Gasteiger charge is 2.29. The number of hydrogen-bond acceptors (Lipinski definition) is 4. The van der Waals surface area contributed by atoms with Crippen molar-refractivity contribution in [3.05, 3.63) is 40.8 Å².